The van der Waals surface area contributed by atoms with E-state index in [2.05, 4.69) is 50.2 Å². The Bertz CT molecular complexity index is 570. The van der Waals surface area contributed by atoms with E-state index in [1.54, 1.807) is 0 Å². The minimum atomic E-state index is -0.404. The smallest absolute Gasteiger partial charge is 0.0543 e. The van der Waals surface area contributed by atoms with Gasteiger partial charge in [0, 0.05) is 12.0 Å². The normalized spacial score (nSPS) is 13.9. The van der Waals surface area contributed by atoms with Gasteiger partial charge in [0.1, 0.15) is 0 Å². The summed E-state index contributed by atoms with van der Waals surface area (Å²) in [6, 6.07) is 16.8. The fourth-order valence-electron chi connectivity index (χ4n) is 2.93. The van der Waals surface area contributed by atoms with E-state index in [9.17, 15) is 5.11 Å². The molecule has 0 aliphatic heterocycles. The molecule has 2 rings (SSSR count). The lowest BCUT2D eigenvalue weighted by molar-refractivity contribution is 0.195. The Morgan fingerprint density at radius 1 is 1.00 bits per heavy atom. The zero-order valence-corrected chi connectivity index (χ0v) is 13.0. The fourth-order valence-corrected chi connectivity index (χ4v) is 2.93. The van der Waals surface area contributed by atoms with E-state index < -0.39 is 5.41 Å². The van der Waals surface area contributed by atoms with Crippen molar-refractivity contribution < 1.29 is 5.11 Å². The van der Waals surface area contributed by atoms with Crippen LogP contribution in [0.1, 0.15) is 29.2 Å². The van der Waals surface area contributed by atoms with Crippen LogP contribution in [-0.2, 0) is 18.3 Å². The predicted octanol–water partition coefficient (Wildman–Crippen LogP) is 2.99. The monoisotopic (exact) mass is 283 g/mol. The summed E-state index contributed by atoms with van der Waals surface area (Å²) in [5.41, 5.74) is 10.5. The van der Waals surface area contributed by atoms with Crippen molar-refractivity contribution in [2.75, 3.05) is 13.2 Å². The molecule has 0 saturated heterocycles. The largest absolute Gasteiger partial charge is 0.395 e. The number of rotatable bonds is 6. The van der Waals surface area contributed by atoms with Crippen LogP contribution in [0.3, 0.4) is 0 Å². The molecule has 0 heterocycles. The Morgan fingerprint density at radius 3 is 2.14 bits per heavy atom. The van der Waals surface area contributed by atoms with Crippen molar-refractivity contribution in [2.24, 2.45) is 5.73 Å². The molecule has 2 nitrogen and oxygen atoms in total. The van der Waals surface area contributed by atoms with E-state index in [1.165, 1.54) is 16.7 Å². The van der Waals surface area contributed by atoms with Crippen LogP contribution >= 0.6 is 0 Å². The number of hydrogen-bond donors (Lipinski definition) is 2. The Hall–Kier alpha value is -1.64. The van der Waals surface area contributed by atoms with Crippen molar-refractivity contribution >= 4 is 0 Å². The molecule has 0 fully saturated rings. The Balaban J connectivity index is 2.36. The first kappa shape index (κ1) is 15.7. The molecule has 0 aliphatic rings. The van der Waals surface area contributed by atoms with E-state index in [1.807, 2.05) is 12.1 Å². The van der Waals surface area contributed by atoms with Crippen molar-refractivity contribution in [3.05, 3.63) is 70.8 Å². The zero-order valence-electron chi connectivity index (χ0n) is 13.0. The van der Waals surface area contributed by atoms with E-state index in [4.69, 9.17) is 5.73 Å². The van der Waals surface area contributed by atoms with Crippen molar-refractivity contribution in [3.8, 4) is 0 Å². The summed E-state index contributed by atoms with van der Waals surface area (Å²) < 4.78 is 0. The summed E-state index contributed by atoms with van der Waals surface area (Å²) in [5.74, 6) is 0. The fraction of sp³-hybridized carbons (Fsp3) is 0.368. The summed E-state index contributed by atoms with van der Waals surface area (Å²) in [5, 5.41) is 10.0. The molecule has 2 heteroatoms. The van der Waals surface area contributed by atoms with Gasteiger partial charge in [-0.2, -0.15) is 0 Å². The average molecular weight is 283 g/mol. The van der Waals surface area contributed by atoms with E-state index in [0.717, 1.165) is 18.4 Å². The number of benzene rings is 2. The van der Waals surface area contributed by atoms with Crippen molar-refractivity contribution in [3.63, 3.8) is 0 Å². The number of aliphatic hydroxyl groups excluding tert-OH is 1. The van der Waals surface area contributed by atoms with Crippen LogP contribution in [0.2, 0.25) is 0 Å². The first-order valence-corrected chi connectivity index (χ1v) is 7.60. The molecule has 112 valence electrons. The number of nitrogens with two attached hydrogens (primary N) is 1. The van der Waals surface area contributed by atoms with Gasteiger partial charge in [-0.15, -0.1) is 0 Å². The highest BCUT2D eigenvalue weighted by Crippen LogP contribution is 2.30. The topological polar surface area (TPSA) is 46.2 Å². The Morgan fingerprint density at radius 2 is 1.62 bits per heavy atom. The van der Waals surface area contributed by atoms with Crippen LogP contribution in [0.4, 0.5) is 0 Å². The van der Waals surface area contributed by atoms with Gasteiger partial charge in [-0.05, 0) is 42.0 Å². The molecule has 1 atom stereocenters. The number of aliphatic hydroxyl groups is 1. The van der Waals surface area contributed by atoms with Gasteiger partial charge in [-0.1, -0.05) is 55.5 Å². The molecule has 3 N–H and O–H groups in total. The van der Waals surface area contributed by atoms with Crippen LogP contribution in [-0.4, -0.2) is 18.3 Å². The molecule has 0 spiro atoms. The molecule has 0 radical (unpaired) electrons. The average Bonchev–Trinajstić information content (AvgIpc) is 2.54. The van der Waals surface area contributed by atoms with Crippen LogP contribution in [0.15, 0.2) is 48.5 Å². The third-order valence-corrected chi connectivity index (χ3v) is 4.38. The van der Waals surface area contributed by atoms with Gasteiger partial charge in [0.15, 0.2) is 0 Å². The summed E-state index contributed by atoms with van der Waals surface area (Å²) >= 11 is 0. The van der Waals surface area contributed by atoms with Crippen molar-refractivity contribution in [2.45, 2.75) is 32.1 Å². The molecule has 0 amide bonds. The van der Waals surface area contributed by atoms with Gasteiger partial charge in [0.05, 0.1) is 6.61 Å². The molecule has 2 aromatic rings. The molecular weight excluding hydrogens is 258 g/mol. The maximum Gasteiger partial charge on any atom is 0.0543 e. The van der Waals surface area contributed by atoms with E-state index >= 15 is 0 Å². The number of hydrogen-bond acceptors (Lipinski definition) is 2. The second-order valence-corrected chi connectivity index (χ2v) is 5.80. The molecule has 2 aromatic carbocycles. The summed E-state index contributed by atoms with van der Waals surface area (Å²) in [4.78, 5) is 0. The van der Waals surface area contributed by atoms with E-state index in [-0.39, 0.29) is 6.61 Å². The Kier molecular flexibility index (Phi) is 5.16. The lowest BCUT2D eigenvalue weighted by Crippen LogP contribution is -2.41. The SMILES string of the molecule is CCc1ccc(CC(CN)(CO)c2ccccc2C)cc1. The standard InChI is InChI=1S/C19H25NO/c1-3-16-8-10-17(11-9-16)12-19(13-20,14-21)18-7-5-4-6-15(18)2/h4-11,21H,3,12-14,20H2,1-2H3. The van der Waals surface area contributed by atoms with Crippen molar-refractivity contribution in [1.29, 1.82) is 0 Å². The van der Waals surface area contributed by atoms with Crippen LogP contribution in [0.25, 0.3) is 0 Å². The molecule has 0 aromatic heterocycles. The Labute approximate surface area is 127 Å². The minimum Gasteiger partial charge on any atom is -0.395 e. The van der Waals surface area contributed by atoms with Crippen molar-refractivity contribution in [1.82, 2.24) is 0 Å². The first-order valence-electron chi connectivity index (χ1n) is 7.60. The summed E-state index contributed by atoms with van der Waals surface area (Å²) in [6.07, 6.45) is 1.80. The summed E-state index contributed by atoms with van der Waals surface area (Å²) in [7, 11) is 0. The molecule has 0 bridgehead atoms. The molecule has 1 unspecified atom stereocenters. The highest BCUT2D eigenvalue weighted by molar-refractivity contribution is 5.37. The maximum absolute atomic E-state index is 10.0. The lowest BCUT2D eigenvalue weighted by atomic mass is 9.74. The van der Waals surface area contributed by atoms with Crippen LogP contribution in [0.5, 0.6) is 0 Å². The first-order chi connectivity index (χ1) is 10.1. The quantitative estimate of drug-likeness (QED) is 0.856. The van der Waals surface area contributed by atoms with Crippen LogP contribution in [0, 0.1) is 6.92 Å². The summed E-state index contributed by atoms with van der Waals surface area (Å²) in [6.45, 7) is 4.73. The second kappa shape index (κ2) is 6.88. The van der Waals surface area contributed by atoms with Gasteiger partial charge in [-0.25, -0.2) is 0 Å². The minimum absolute atomic E-state index is 0.0594. The lowest BCUT2D eigenvalue weighted by Gasteiger charge is -2.33. The van der Waals surface area contributed by atoms with E-state index in [0.29, 0.717) is 6.54 Å². The maximum atomic E-state index is 10.0. The van der Waals surface area contributed by atoms with Gasteiger partial charge in [-0.3, -0.25) is 0 Å². The number of aryl methyl sites for hydroxylation is 2. The highest BCUT2D eigenvalue weighted by atomic mass is 16.3. The van der Waals surface area contributed by atoms with Gasteiger partial charge in [0.25, 0.3) is 0 Å². The predicted molar refractivity (Wildman–Crippen MR) is 88.5 cm³/mol. The zero-order chi connectivity index (χ0) is 15.3. The highest BCUT2D eigenvalue weighted by Gasteiger charge is 2.31. The van der Waals surface area contributed by atoms with Gasteiger partial charge < -0.3 is 10.8 Å². The molecular formula is C19H25NO. The molecule has 21 heavy (non-hydrogen) atoms. The molecule has 0 aliphatic carbocycles. The molecule has 0 saturated carbocycles. The second-order valence-electron chi connectivity index (χ2n) is 5.80. The van der Waals surface area contributed by atoms with Gasteiger partial charge >= 0.3 is 0 Å². The third kappa shape index (κ3) is 3.34. The third-order valence-electron chi connectivity index (χ3n) is 4.38. The van der Waals surface area contributed by atoms with Gasteiger partial charge in [0.2, 0.25) is 0 Å². The van der Waals surface area contributed by atoms with Crippen LogP contribution < -0.4 is 5.73 Å².